The number of aryl methyl sites for hydroxylation is 3. The van der Waals surface area contributed by atoms with E-state index in [1.54, 1.807) is 0 Å². The molecule has 3 rings (SSSR count). The Hall–Kier alpha value is -3.30. The normalized spacial score (nSPS) is 12.5. The Labute approximate surface area is 207 Å². The molecule has 0 radical (unpaired) electrons. The molecule has 0 fully saturated rings. The fourth-order valence-electron chi connectivity index (χ4n) is 4.07. The van der Waals surface area contributed by atoms with Crippen LogP contribution < -0.4 is 16.2 Å². The second kappa shape index (κ2) is 11.0. The van der Waals surface area contributed by atoms with Gasteiger partial charge in [0.2, 0.25) is 11.9 Å². The van der Waals surface area contributed by atoms with Crippen LogP contribution in [0.4, 0.5) is 5.95 Å². The second-order valence-electron chi connectivity index (χ2n) is 9.26. The lowest BCUT2D eigenvalue weighted by Gasteiger charge is -2.16. The molecule has 1 amide bonds. The zero-order chi connectivity index (χ0) is 25.8. The fourth-order valence-corrected chi connectivity index (χ4v) is 5.06. The number of nitrogens with one attached hydrogen (secondary N) is 1. The molecule has 0 bridgehead atoms. The highest BCUT2D eigenvalue weighted by molar-refractivity contribution is 7.92. The lowest BCUT2D eigenvalue weighted by Crippen LogP contribution is -2.23. The number of carbonyl (C=O) groups is 1. The average molecular weight is 496 g/mol. The summed E-state index contributed by atoms with van der Waals surface area (Å²) in [5.41, 5.74) is 16.0. The topological polar surface area (TPSA) is 141 Å². The van der Waals surface area contributed by atoms with Crippen LogP contribution in [0.15, 0.2) is 53.4 Å². The number of aromatic nitrogens is 2. The van der Waals surface area contributed by atoms with Gasteiger partial charge >= 0.3 is 0 Å². The first-order chi connectivity index (χ1) is 16.5. The van der Waals surface area contributed by atoms with Gasteiger partial charge in [0.1, 0.15) is 0 Å². The van der Waals surface area contributed by atoms with Crippen molar-refractivity contribution in [1.29, 1.82) is 0 Å². The number of sulfonamides is 1. The van der Waals surface area contributed by atoms with E-state index in [-0.39, 0.29) is 22.4 Å². The number of rotatable bonds is 10. The van der Waals surface area contributed by atoms with Gasteiger partial charge in [-0.25, -0.2) is 23.1 Å². The quantitative estimate of drug-likeness (QED) is 0.389. The number of primary amides is 1. The number of hydrogen-bond donors (Lipinski definition) is 3. The minimum atomic E-state index is -4.06. The van der Waals surface area contributed by atoms with Gasteiger partial charge in [-0.1, -0.05) is 38.1 Å². The largest absolute Gasteiger partial charge is 0.366 e. The third kappa shape index (κ3) is 6.86. The number of nitrogens with two attached hydrogens (primary N) is 2. The van der Waals surface area contributed by atoms with Gasteiger partial charge < -0.3 is 11.5 Å². The molecule has 1 unspecified atom stereocenters. The molecule has 8 nitrogen and oxygen atoms in total. The highest BCUT2D eigenvalue weighted by atomic mass is 32.2. The van der Waals surface area contributed by atoms with Crippen LogP contribution in [-0.2, 0) is 16.4 Å². The number of hydrogen-bond acceptors (Lipinski definition) is 6. The van der Waals surface area contributed by atoms with Gasteiger partial charge in [0.15, 0.2) is 0 Å². The maximum Gasteiger partial charge on any atom is 0.264 e. The molecule has 1 heterocycles. The monoisotopic (exact) mass is 495 g/mol. The Bertz CT molecular complexity index is 1300. The SMILES string of the molecule is Cc1cccc(C)c1-c1cc(CCC(N)CC(C)C)nc(NS(=O)(=O)c2cccc(C(N)=O)c2)n1. The molecule has 186 valence electrons. The van der Waals surface area contributed by atoms with Crippen LogP contribution in [0.3, 0.4) is 0 Å². The summed E-state index contributed by atoms with van der Waals surface area (Å²) >= 11 is 0. The van der Waals surface area contributed by atoms with E-state index in [0.29, 0.717) is 30.1 Å². The van der Waals surface area contributed by atoms with Gasteiger partial charge in [0, 0.05) is 22.9 Å². The first-order valence-electron chi connectivity index (χ1n) is 11.6. The van der Waals surface area contributed by atoms with Gasteiger partial charge in [-0.05, 0) is 74.4 Å². The van der Waals surface area contributed by atoms with Crippen molar-refractivity contribution in [3.05, 3.63) is 70.9 Å². The minimum Gasteiger partial charge on any atom is -0.366 e. The molecule has 0 aliphatic rings. The summed E-state index contributed by atoms with van der Waals surface area (Å²) in [7, 11) is -4.06. The van der Waals surface area contributed by atoms with Crippen molar-refractivity contribution in [2.45, 2.75) is 57.9 Å². The van der Waals surface area contributed by atoms with E-state index in [4.69, 9.17) is 11.5 Å². The molecule has 1 atom stereocenters. The van der Waals surface area contributed by atoms with Gasteiger partial charge in [-0.15, -0.1) is 0 Å². The Morgan fingerprint density at radius 2 is 1.69 bits per heavy atom. The Morgan fingerprint density at radius 3 is 2.31 bits per heavy atom. The summed E-state index contributed by atoms with van der Waals surface area (Å²) < 4.78 is 28.7. The van der Waals surface area contributed by atoms with E-state index < -0.39 is 15.9 Å². The standard InChI is InChI=1S/C26H33N5O3S/c1-16(2)13-20(27)11-12-21-15-23(24-17(3)7-5-8-18(24)4)30-26(29-21)31-35(33,34)22-10-6-9-19(14-22)25(28)32/h5-10,14-16,20H,11-13,27H2,1-4H3,(H2,28,32)(H,29,30,31). The predicted octanol–water partition coefficient (Wildman–Crippen LogP) is 3.97. The van der Waals surface area contributed by atoms with Crippen molar-refractivity contribution in [3.8, 4) is 11.3 Å². The molecule has 9 heteroatoms. The Kier molecular flexibility index (Phi) is 8.24. The van der Waals surface area contributed by atoms with E-state index in [0.717, 1.165) is 23.1 Å². The average Bonchev–Trinajstić information content (AvgIpc) is 2.77. The van der Waals surface area contributed by atoms with Crippen LogP contribution in [0, 0.1) is 19.8 Å². The molecular weight excluding hydrogens is 462 g/mol. The number of amides is 1. The lowest BCUT2D eigenvalue weighted by atomic mass is 9.97. The minimum absolute atomic E-state index is 0.0188. The summed E-state index contributed by atoms with van der Waals surface area (Å²) in [6, 6.07) is 13.4. The van der Waals surface area contributed by atoms with Gasteiger partial charge in [-0.2, -0.15) is 0 Å². The van der Waals surface area contributed by atoms with Gasteiger partial charge in [0.05, 0.1) is 10.6 Å². The van der Waals surface area contributed by atoms with Gasteiger partial charge in [0.25, 0.3) is 10.0 Å². The first-order valence-corrected chi connectivity index (χ1v) is 13.1. The van der Waals surface area contributed by atoms with E-state index in [2.05, 4.69) is 28.5 Å². The first kappa shape index (κ1) is 26.3. The molecule has 0 spiro atoms. The van der Waals surface area contributed by atoms with E-state index in [1.165, 1.54) is 24.3 Å². The van der Waals surface area contributed by atoms with Crippen molar-refractivity contribution in [2.24, 2.45) is 17.4 Å². The summed E-state index contributed by atoms with van der Waals surface area (Å²) in [5, 5.41) is 0. The third-order valence-electron chi connectivity index (χ3n) is 5.72. The number of benzene rings is 2. The molecule has 35 heavy (non-hydrogen) atoms. The van der Waals surface area contributed by atoms with Crippen LogP contribution in [0.2, 0.25) is 0 Å². The van der Waals surface area contributed by atoms with Crippen molar-refractivity contribution < 1.29 is 13.2 Å². The summed E-state index contributed by atoms with van der Waals surface area (Å²) in [6.07, 6.45) is 2.19. The van der Waals surface area contributed by atoms with Crippen LogP contribution in [-0.4, -0.2) is 30.3 Å². The van der Waals surface area contributed by atoms with Crippen LogP contribution >= 0.6 is 0 Å². The number of anilines is 1. The van der Waals surface area contributed by atoms with E-state index in [1.807, 2.05) is 38.1 Å². The van der Waals surface area contributed by atoms with Crippen molar-refractivity contribution >= 4 is 21.9 Å². The Balaban J connectivity index is 2.01. The van der Waals surface area contributed by atoms with Crippen LogP contribution in [0.25, 0.3) is 11.3 Å². The summed E-state index contributed by atoms with van der Waals surface area (Å²) in [6.45, 7) is 8.23. The maximum absolute atomic E-state index is 13.1. The van der Waals surface area contributed by atoms with Gasteiger partial charge in [-0.3, -0.25) is 4.79 Å². The lowest BCUT2D eigenvalue weighted by molar-refractivity contribution is 0.1000. The molecule has 3 aromatic rings. The highest BCUT2D eigenvalue weighted by Crippen LogP contribution is 2.28. The number of nitrogens with zero attached hydrogens (tertiary/aromatic N) is 2. The summed E-state index contributed by atoms with van der Waals surface area (Å²) in [5.74, 6) is -0.267. The molecule has 0 aliphatic heterocycles. The molecule has 2 aromatic carbocycles. The third-order valence-corrected chi connectivity index (χ3v) is 7.04. The number of carbonyl (C=O) groups excluding carboxylic acids is 1. The molecular formula is C26H33N5O3S. The van der Waals surface area contributed by atoms with Crippen molar-refractivity contribution in [3.63, 3.8) is 0 Å². The molecule has 0 saturated heterocycles. The zero-order valence-electron chi connectivity index (χ0n) is 20.6. The van der Waals surface area contributed by atoms with Crippen LogP contribution in [0.5, 0.6) is 0 Å². The Morgan fingerprint density at radius 1 is 1.03 bits per heavy atom. The molecule has 0 saturated carbocycles. The van der Waals surface area contributed by atoms with E-state index >= 15 is 0 Å². The fraction of sp³-hybridized carbons (Fsp3) is 0.346. The molecule has 0 aliphatic carbocycles. The smallest absolute Gasteiger partial charge is 0.264 e. The van der Waals surface area contributed by atoms with Crippen molar-refractivity contribution in [1.82, 2.24) is 9.97 Å². The molecule has 5 N–H and O–H groups in total. The zero-order valence-corrected chi connectivity index (χ0v) is 21.4. The van der Waals surface area contributed by atoms with Crippen molar-refractivity contribution in [2.75, 3.05) is 4.72 Å². The van der Waals surface area contributed by atoms with Crippen LogP contribution in [0.1, 0.15) is 53.9 Å². The van der Waals surface area contributed by atoms with E-state index in [9.17, 15) is 13.2 Å². The molecule has 1 aromatic heterocycles. The second-order valence-corrected chi connectivity index (χ2v) is 10.9. The summed E-state index contributed by atoms with van der Waals surface area (Å²) in [4.78, 5) is 20.4. The maximum atomic E-state index is 13.1. The predicted molar refractivity (Wildman–Crippen MR) is 138 cm³/mol. The highest BCUT2D eigenvalue weighted by Gasteiger charge is 2.19.